The first-order chi connectivity index (χ1) is 11.2. The van der Waals surface area contributed by atoms with Crippen molar-refractivity contribution in [2.75, 3.05) is 37.7 Å². The van der Waals surface area contributed by atoms with E-state index in [0.29, 0.717) is 31.7 Å². The quantitative estimate of drug-likeness (QED) is 0.825. The summed E-state index contributed by atoms with van der Waals surface area (Å²) in [6, 6.07) is 5.73. The van der Waals surface area contributed by atoms with Gasteiger partial charge in [0.15, 0.2) is 0 Å². The molecular weight excluding hydrogens is 292 g/mol. The van der Waals surface area contributed by atoms with Gasteiger partial charge in [-0.1, -0.05) is 0 Å². The van der Waals surface area contributed by atoms with Gasteiger partial charge in [-0.2, -0.15) is 5.26 Å². The Balaban J connectivity index is 1.62. The van der Waals surface area contributed by atoms with Crippen LogP contribution in [-0.4, -0.2) is 54.7 Å². The van der Waals surface area contributed by atoms with Gasteiger partial charge in [0.25, 0.3) is 0 Å². The van der Waals surface area contributed by atoms with E-state index >= 15 is 0 Å². The number of nitriles is 1. The van der Waals surface area contributed by atoms with Crippen LogP contribution < -0.4 is 4.90 Å². The predicted molar refractivity (Wildman–Crippen MR) is 85.9 cm³/mol. The second-order valence-corrected chi connectivity index (χ2v) is 6.12. The van der Waals surface area contributed by atoms with E-state index in [2.05, 4.69) is 16.0 Å². The molecule has 2 fully saturated rings. The average molecular weight is 314 g/mol. The molecule has 2 aliphatic heterocycles. The topological polar surface area (TPSA) is 69.5 Å². The minimum absolute atomic E-state index is 0.00950. The lowest BCUT2D eigenvalue weighted by molar-refractivity contribution is -0.144. The summed E-state index contributed by atoms with van der Waals surface area (Å²) in [5.41, 5.74) is 0.585. The summed E-state index contributed by atoms with van der Waals surface area (Å²) in [5, 5.41) is 9.19. The van der Waals surface area contributed by atoms with Gasteiger partial charge >= 0.3 is 0 Å². The molecule has 1 aromatic heterocycles. The Hall–Kier alpha value is -2.13. The van der Waals surface area contributed by atoms with Crippen molar-refractivity contribution in [2.24, 2.45) is 5.92 Å². The standard InChI is InChI=1S/C17H22N4O2/c1-13-15(5-3-11-23-13)17(22)21-9-7-20(8-10-21)16-14(12-18)4-2-6-19-16/h2,4,6,13,15H,3,5,7-11H2,1H3. The number of rotatable bonds is 2. The Morgan fingerprint density at radius 1 is 1.39 bits per heavy atom. The van der Waals surface area contributed by atoms with Crippen LogP contribution in [0.25, 0.3) is 0 Å². The lowest BCUT2D eigenvalue weighted by atomic mass is 9.93. The second kappa shape index (κ2) is 6.97. The Bertz CT molecular complexity index is 605. The zero-order valence-electron chi connectivity index (χ0n) is 13.4. The normalized spacial score (nSPS) is 25.0. The molecule has 0 aliphatic carbocycles. The summed E-state index contributed by atoms with van der Waals surface area (Å²) in [6.07, 6.45) is 3.59. The summed E-state index contributed by atoms with van der Waals surface area (Å²) < 4.78 is 5.62. The number of amides is 1. The van der Waals surface area contributed by atoms with Gasteiger partial charge in [-0.05, 0) is 31.9 Å². The molecule has 2 unspecified atom stereocenters. The van der Waals surface area contributed by atoms with Gasteiger partial charge in [0.05, 0.1) is 17.6 Å². The number of nitrogens with zero attached hydrogens (tertiary/aromatic N) is 4. The summed E-state index contributed by atoms with van der Waals surface area (Å²) in [4.78, 5) is 21.0. The molecule has 2 saturated heterocycles. The van der Waals surface area contributed by atoms with Gasteiger partial charge < -0.3 is 14.5 Å². The van der Waals surface area contributed by atoms with Crippen LogP contribution >= 0.6 is 0 Å². The zero-order chi connectivity index (χ0) is 16.2. The highest BCUT2D eigenvalue weighted by molar-refractivity contribution is 5.79. The monoisotopic (exact) mass is 314 g/mol. The van der Waals surface area contributed by atoms with Crippen LogP contribution in [-0.2, 0) is 9.53 Å². The van der Waals surface area contributed by atoms with Crippen molar-refractivity contribution < 1.29 is 9.53 Å². The molecular formula is C17H22N4O2. The zero-order valence-corrected chi connectivity index (χ0v) is 13.4. The number of ether oxygens (including phenoxy) is 1. The summed E-state index contributed by atoms with van der Waals surface area (Å²) in [7, 11) is 0. The van der Waals surface area contributed by atoms with Crippen LogP contribution in [0, 0.1) is 17.2 Å². The molecule has 3 rings (SSSR count). The van der Waals surface area contributed by atoms with E-state index in [1.807, 2.05) is 11.8 Å². The third kappa shape index (κ3) is 3.30. The number of piperazine rings is 1. The molecule has 0 spiro atoms. The molecule has 6 nitrogen and oxygen atoms in total. The van der Waals surface area contributed by atoms with Crippen molar-refractivity contribution in [3.05, 3.63) is 23.9 Å². The van der Waals surface area contributed by atoms with E-state index in [0.717, 1.165) is 25.3 Å². The molecule has 2 aliphatic rings. The van der Waals surface area contributed by atoms with Gasteiger partial charge in [-0.15, -0.1) is 0 Å². The molecule has 3 heterocycles. The van der Waals surface area contributed by atoms with Crippen LogP contribution in [0.5, 0.6) is 0 Å². The third-order valence-corrected chi connectivity index (χ3v) is 4.72. The number of pyridine rings is 1. The predicted octanol–water partition coefficient (Wildman–Crippen LogP) is 1.42. The fourth-order valence-corrected chi connectivity index (χ4v) is 3.36. The number of hydrogen-bond acceptors (Lipinski definition) is 5. The fraction of sp³-hybridized carbons (Fsp3) is 0.588. The fourth-order valence-electron chi connectivity index (χ4n) is 3.36. The molecule has 6 heteroatoms. The highest BCUT2D eigenvalue weighted by Crippen LogP contribution is 2.24. The van der Waals surface area contributed by atoms with Crippen LogP contribution in [0.2, 0.25) is 0 Å². The second-order valence-electron chi connectivity index (χ2n) is 6.12. The lowest BCUT2D eigenvalue weighted by Crippen LogP contribution is -2.52. The molecule has 122 valence electrons. The molecule has 2 atom stereocenters. The van der Waals surface area contributed by atoms with Gasteiger partial charge in [0.1, 0.15) is 11.9 Å². The molecule has 0 saturated carbocycles. The average Bonchev–Trinajstić information content (AvgIpc) is 2.61. The number of carbonyl (C=O) groups excluding carboxylic acids is 1. The Kier molecular flexibility index (Phi) is 4.77. The van der Waals surface area contributed by atoms with E-state index in [1.54, 1.807) is 18.3 Å². The number of hydrogen-bond donors (Lipinski definition) is 0. The van der Waals surface area contributed by atoms with Gasteiger partial charge in [0, 0.05) is 39.0 Å². The van der Waals surface area contributed by atoms with Crippen molar-refractivity contribution in [1.82, 2.24) is 9.88 Å². The maximum Gasteiger partial charge on any atom is 0.228 e. The Labute approximate surface area is 136 Å². The number of anilines is 1. The Morgan fingerprint density at radius 2 is 2.17 bits per heavy atom. The SMILES string of the molecule is CC1OCCCC1C(=O)N1CCN(c2ncccc2C#N)CC1. The first-order valence-corrected chi connectivity index (χ1v) is 8.21. The lowest BCUT2D eigenvalue weighted by Gasteiger charge is -2.39. The van der Waals surface area contributed by atoms with Gasteiger partial charge in [0.2, 0.25) is 5.91 Å². The van der Waals surface area contributed by atoms with Crippen molar-refractivity contribution >= 4 is 11.7 Å². The van der Waals surface area contributed by atoms with Gasteiger partial charge in [-0.3, -0.25) is 4.79 Å². The van der Waals surface area contributed by atoms with E-state index in [4.69, 9.17) is 4.74 Å². The Morgan fingerprint density at radius 3 is 2.87 bits per heavy atom. The first kappa shape index (κ1) is 15.8. The molecule has 1 aromatic rings. The smallest absolute Gasteiger partial charge is 0.228 e. The number of aromatic nitrogens is 1. The molecule has 0 aromatic carbocycles. The minimum atomic E-state index is -0.0141. The van der Waals surface area contributed by atoms with Crippen molar-refractivity contribution in [1.29, 1.82) is 5.26 Å². The van der Waals surface area contributed by atoms with Crippen molar-refractivity contribution in [2.45, 2.75) is 25.9 Å². The largest absolute Gasteiger partial charge is 0.378 e. The first-order valence-electron chi connectivity index (χ1n) is 8.21. The van der Waals surface area contributed by atoms with Gasteiger partial charge in [-0.25, -0.2) is 4.98 Å². The van der Waals surface area contributed by atoms with Crippen LogP contribution in [0.1, 0.15) is 25.3 Å². The maximum absolute atomic E-state index is 12.7. The third-order valence-electron chi connectivity index (χ3n) is 4.72. The van der Waals surface area contributed by atoms with Crippen LogP contribution in [0.4, 0.5) is 5.82 Å². The molecule has 0 N–H and O–H groups in total. The van der Waals surface area contributed by atoms with E-state index < -0.39 is 0 Å². The number of carbonyl (C=O) groups is 1. The van der Waals surface area contributed by atoms with Crippen molar-refractivity contribution in [3.63, 3.8) is 0 Å². The maximum atomic E-state index is 12.7. The van der Waals surface area contributed by atoms with E-state index in [1.165, 1.54) is 0 Å². The highest BCUT2D eigenvalue weighted by atomic mass is 16.5. The molecule has 0 bridgehead atoms. The van der Waals surface area contributed by atoms with E-state index in [-0.39, 0.29) is 17.9 Å². The summed E-state index contributed by atoms with van der Waals surface area (Å²) in [5.74, 6) is 0.912. The summed E-state index contributed by atoms with van der Waals surface area (Å²) in [6.45, 7) is 5.51. The summed E-state index contributed by atoms with van der Waals surface area (Å²) >= 11 is 0. The van der Waals surface area contributed by atoms with E-state index in [9.17, 15) is 10.1 Å². The highest BCUT2D eigenvalue weighted by Gasteiger charge is 2.33. The molecule has 0 radical (unpaired) electrons. The van der Waals surface area contributed by atoms with Crippen LogP contribution in [0.3, 0.4) is 0 Å². The molecule has 1 amide bonds. The minimum Gasteiger partial charge on any atom is -0.378 e. The molecule has 23 heavy (non-hydrogen) atoms. The van der Waals surface area contributed by atoms with Crippen molar-refractivity contribution in [3.8, 4) is 6.07 Å². The van der Waals surface area contributed by atoms with Crippen LogP contribution in [0.15, 0.2) is 18.3 Å².